The average Bonchev–Trinajstić information content (AvgIpc) is 2.66. The van der Waals surface area contributed by atoms with Crippen molar-refractivity contribution in [2.75, 3.05) is 0 Å². The SMILES string of the molecule is Cc1cncc(C(NN)c2cc(Br)cs2)c1. The van der Waals surface area contributed by atoms with Crippen LogP contribution in [-0.2, 0) is 0 Å². The summed E-state index contributed by atoms with van der Waals surface area (Å²) in [6, 6.07) is 4.16. The van der Waals surface area contributed by atoms with Gasteiger partial charge in [0.25, 0.3) is 0 Å². The molecule has 0 saturated heterocycles. The zero-order chi connectivity index (χ0) is 11.5. The second kappa shape index (κ2) is 5.05. The highest BCUT2D eigenvalue weighted by atomic mass is 79.9. The number of pyridine rings is 1. The van der Waals surface area contributed by atoms with E-state index in [1.807, 2.05) is 24.7 Å². The van der Waals surface area contributed by atoms with E-state index in [0.717, 1.165) is 15.6 Å². The molecule has 2 aromatic heterocycles. The minimum atomic E-state index is 0.00343. The Kier molecular flexibility index (Phi) is 3.70. The number of nitrogens with zero attached hydrogens (tertiary/aromatic N) is 1. The van der Waals surface area contributed by atoms with E-state index in [1.54, 1.807) is 11.3 Å². The molecule has 0 aliphatic carbocycles. The largest absolute Gasteiger partial charge is 0.271 e. The number of hydrazine groups is 1. The lowest BCUT2D eigenvalue weighted by Gasteiger charge is -2.14. The Morgan fingerprint density at radius 1 is 1.44 bits per heavy atom. The van der Waals surface area contributed by atoms with Gasteiger partial charge in [-0.1, -0.05) is 6.07 Å². The maximum Gasteiger partial charge on any atom is 0.0817 e. The molecule has 3 N–H and O–H groups in total. The van der Waals surface area contributed by atoms with Crippen LogP contribution in [0, 0.1) is 6.92 Å². The molecule has 0 saturated carbocycles. The summed E-state index contributed by atoms with van der Waals surface area (Å²) in [5.74, 6) is 5.61. The first-order valence-corrected chi connectivity index (χ1v) is 6.49. The van der Waals surface area contributed by atoms with E-state index in [1.165, 1.54) is 4.88 Å². The fourth-order valence-corrected chi connectivity index (χ4v) is 3.09. The molecule has 5 heteroatoms. The first-order chi connectivity index (χ1) is 7.70. The van der Waals surface area contributed by atoms with Crippen molar-refractivity contribution in [3.05, 3.63) is 50.4 Å². The van der Waals surface area contributed by atoms with Crippen molar-refractivity contribution in [2.24, 2.45) is 5.84 Å². The van der Waals surface area contributed by atoms with E-state index < -0.39 is 0 Å². The van der Waals surface area contributed by atoms with Gasteiger partial charge in [0.05, 0.1) is 6.04 Å². The average molecular weight is 298 g/mol. The first kappa shape index (κ1) is 11.7. The van der Waals surface area contributed by atoms with Crippen LogP contribution in [0.1, 0.15) is 22.0 Å². The highest BCUT2D eigenvalue weighted by Gasteiger charge is 2.14. The Morgan fingerprint density at radius 2 is 2.25 bits per heavy atom. The summed E-state index contributed by atoms with van der Waals surface area (Å²) in [4.78, 5) is 5.35. The monoisotopic (exact) mass is 297 g/mol. The van der Waals surface area contributed by atoms with Crippen molar-refractivity contribution in [3.8, 4) is 0 Å². The number of nitrogens with one attached hydrogen (secondary N) is 1. The first-order valence-electron chi connectivity index (χ1n) is 4.82. The van der Waals surface area contributed by atoms with Crippen molar-refractivity contribution in [1.29, 1.82) is 0 Å². The van der Waals surface area contributed by atoms with Crippen molar-refractivity contribution in [2.45, 2.75) is 13.0 Å². The number of rotatable bonds is 3. The Labute approximate surface area is 107 Å². The van der Waals surface area contributed by atoms with Crippen molar-refractivity contribution >= 4 is 27.3 Å². The van der Waals surface area contributed by atoms with Crippen LogP contribution >= 0.6 is 27.3 Å². The molecule has 0 bridgehead atoms. The third-order valence-electron chi connectivity index (χ3n) is 2.27. The normalized spacial score (nSPS) is 12.7. The summed E-state index contributed by atoms with van der Waals surface area (Å²) < 4.78 is 1.08. The molecule has 0 fully saturated rings. The summed E-state index contributed by atoms with van der Waals surface area (Å²) in [6.07, 6.45) is 3.67. The molecule has 2 heterocycles. The molecular formula is C11H12BrN3S. The lowest BCUT2D eigenvalue weighted by atomic mass is 10.1. The quantitative estimate of drug-likeness (QED) is 0.677. The minimum absolute atomic E-state index is 0.00343. The zero-order valence-corrected chi connectivity index (χ0v) is 11.2. The molecule has 0 spiro atoms. The van der Waals surface area contributed by atoms with Crippen LogP contribution in [0.25, 0.3) is 0 Å². The molecular weight excluding hydrogens is 286 g/mol. The second-order valence-corrected chi connectivity index (χ2v) is 5.42. The Hall–Kier alpha value is -0.750. The molecule has 3 nitrogen and oxygen atoms in total. The number of hydrogen-bond donors (Lipinski definition) is 2. The standard InChI is InChI=1S/C11H12BrN3S/c1-7-2-8(5-14-4-7)11(15-13)10-3-9(12)6-16-10/h2-6,11,15H,13H2,1H3. The van der Waals surface area contributed by atoms with Gasteiger partial charge in [0.15, 0.2) is 0 Å². The van der Waals surface area contributed by atoms with Gasteiger partial charge in [-0.05, 0) is 40.0 Å². The maximum absolute atomic E-state index is 5.61. The molecule has 2 aromatic rings. The summed E-state index contributed by atoms with van der Waals surface area (Å²) in [7, 11) is 0. The van der Waals surface area contributed by atoms with E-state index in [2.05, 4.69) is 38.5 Å². The van der Waals surface area contributed by atoms with Crippen LogP contribution < -0.4 is 11.3 Å². The fraction of sp³-hybridized carbons (Fsp3) is 0.182. The van der Waals surface area contributed by atoms with Gasteiger partial charge >= 0.3 is 0 Å². The number of aromatic nitrogens is 1. The van der Waals surface area contributed by atoms with Crippen LogP contribution in [0.15, 0.2) is 34.4 Å². The molecule has 1 unspecified atom stereocenters. The van der Waals surface area contributed by atoms with Gasteiger partial charge in [0.1, 0.15) is 0 Å². The molecule has 84 valence electrons. The Bertz CT molecular complexity index is 484. The smallest absolute Gasteiger partial charge is 0.0817 e. The molecule has 1 atom stereocenters. The van der Waals surface area contributed by atoms with E-state index in [9.17, 15) is 0 Å². The summed E-state index contributed by atoms with van der Waals surface area (Å²) in [6.45, 7) is 2.02. The van der Waals surface area contributed by atoms with E-state index in [-0.39, 0.29) is 6.04 Å². The fourth-order valence-electron chi connectivity index (χ4n) is 1.56. The summed E-state index contributed by atoms with van der Waals surface area (Å²) in [5.41, 5.74) is 5.04. The van der Waals surface area contributed by atoms with Crippen molar-refractivity contribution < 1.29 is 0 Å². The van der Waals surface area contributed by atoms with Gasteiger partial charge in [-0.15, -0.1) is 11.3 Å². The number of thiophene rings is 1. The number of halogens is 1. The van der Waals surface area contributed by atoms with E-state index in [0.29, 0.717) is 0 Å². The highest BCUT2D eigenvalue weighted by molar-refractivity contribution is 9.10. The number of aryl methyl sites for hydroxylation is 1. The summed E-state index contributed by atoms with van der Waals surface area (Å²) in [5, 5.41) is 2.04. The molecule has 0 aromatic carbocycles. The van der Waals surface area contributed by atoms with Crippen LogP contribution in [0.2, 0.25) is 0 Å². The molecule has 0 aliphatic heterocycles. The Morgan fingerprint density at radius 3 is 2.81 bits per heavy atom. The molecule has 0 aliphatic rings. The third kappa shape index (κ3) is 2.49. The maximum atomic E-state index is 5.61. The second-order valence-electron chi connectivity index (χ2n) is 3.56. The highest BCUT2D eigenvalue weighted by Crippen LogP contribution is 2.29. The van der Waals surface area contributed by atoms with Crippen molar-refractivity contribution in [3.63, 3.8) is 0 Å². The minimum Gasteiger partial charge on any atom is -0.271 e. The van der Waals surface area contributed by atoms with Crippen LogP contribution in [-0.4, -0.2) is 4.98 Å². The molecule has 2 rings (SSSR count). The van der Waals surface area contributed by atoms with Crippen LogP contribution in [0.5, 0.6) is 0 Å². The van der Waals surface area contributed by atoms with Gasteiger partial charge < -0.3 is 0 Å². The van der Waals surface area contributed by atoms with Gasteiger partial charge in [-0.3, -0.25) is 10.8 Å². The molecule has 16 heavy (non-hydrogen) atoms. The van der Waals surface area contributed by atoms with Gasteiger partial charge in [-0.2, -0.15) is 0 Å². The van der Waals surface area contributed by atoms with Crippen molar-refractivity contribution in [1.82, 2.24) is 10.4 Å². The van der Waals surface area contributed by atoms with E-state index in [4.69, 9.17) is 5.84 Å². The number of nitrogens with two attached hydrogens (primary N) is 1. The Balaban J connectivity index is 2.36. The molecule has 0 amide bonds. The number of hydrogen-bond acceptors (Lipinski definition) is 4. The lowest BCUT2D eigenvalue weighted by molar-refractivity contribution is 0.643. The predicted molar refractivity (Wildman–Crippen MR) is 70.2 cm³/mol. The van der Waals surface area contributed by atoms with Gasteiger partial charge in [-0.25, -0.2) is 5.43 Å². The van der Waals surface area contributed by atoms with Gasteiger partial charge in [0, 0.05) is 27.1 Å². The topological polar surface area (TPSA) is 50.9 Å². The predicted octanol–water partition coefficient (Wildman–Crippen LogP) is 2.77. The van der Waals surface area contributed by atoms with Crippen LogP contribution in [0.4, 0.5) is 0 Å². The molecule has 0 radical (unpaired) electrons. The third-order valence-corrected chi connectivity index (χ3v) is 4.03. The zero-order valence-electron chi connectivity index (χ0n) is 8.77. The van der Waals surface area contributed by atoms with Crippen LogP contribution in [0.3, 0.4) is 0 Å². The van der Waals surface area contributed by atoms with E-state index >= 15 is 0 Å². The lowest BCUT2D eigenvalue weighted by Crippen LogP contribution is -2.28. The summed E-state index contributed by atoms with van der Waals surface area (Å²) >= 11 is 5.11. The van der Waals surface area contributed by atoms with Gasteiger partial charge in [0.2, 0.25) is 0 Å².